The normalized spacial score (nSPS) is 10.6. The zero-order valence-corrected chi connectivity index (χ0v) is 17.0. The van der Waals surface area contributed by atoms with Crippen LogP contribution in [-0.2, 0) is 11.3 Å². The summed E-state index contributed by atoms with van der Waals surface area (Å²) in [7, 11) is 0. The molecule has 2 N–H and O–H groups in total. The van der Waals surface area contributed by atoms with Crippen LogP contribution in [0.25, 0.3) is 0 Å². The molecule has 2 amide bonds. The molecule has 1 heterocycles. The van der Waals surface area contributed by atoms with Crippen LogP contribution in [0, 0.1) is 11.6 Å². The van der Waals surface area contributed by atoms with Crippen LogP contribution >= 0.6 is 34.7 Å². The van der Waals surface area contributed by atoms with Gasteiger partial charge < -0.3 is 10.6 Å². The highest BCUT2D eigenvalue weighted by atomic mass is 35.5. The first-order valence-corrected chi connectivity index (χ1v) is 10.3. The van der Waals surface area contributed by atoms with Crippen molar-refractivity contribution in [1.82, 2.24) is 15.5 Å². The van der Waals surface area contributed by atoms with Crippen LogP contribution < -0.4 is 10.6 Å². The van der Waals surface area contributed by atoms with Crippen LogP contribution in [-0.4, -0.2) is 27.8 Å². The van der Waals surface area contributed by atoms with E-state index in [1.165, 1.54) is 42.5 Å². The van der Waals surface area contributed by atoms with Crippen molar-refractivity contribution in [3.05, 3.63) is 69.7 Å². The van der Waals surface area contributed by atoms with E-state index in [4.69, 9.17) is 11.6 Å². The second-order valence-electron chi connectivity index (χ2n) is 5.64. The second-order valence-corrected chi connectivity index (χ2v) is 8.24. The number of nitrogens with one attached hydrogen (secondary N) is 2. The Hall–Kier alpha value is -2.56. The lowest BCUT2D eigenvalue weighted by Gasteiger charge is -2.06. The highest BCUT2D eigenvalue weighted by Crippen LogP contribution is 2.23. The molecule has 2 aromatic carbocycles. The molecule has 1 aromatic heterocycles. The first-order valence-electron chi connectivity index (χ1n) is 8.14. The number of hydrogen-bond acceptors (Lipinski definition) is 6. The lowest BCUT2D eigenvalue weighted by Crippen LogP contribution is -2.24. The molecule has 0 atom stereocenters. The molecule has 0 aliphatic rings. The number of rotatable bonds is 7. The van der Waals surface area contributed by atoms with Crippen molar-refractivity contribution >= 4 is 52.2 Å². The van der Waals surface area contributed by atoms with Crippen molar-refractivity contribution in [1.29, 1.82) is 0 Å². The fourth-order valence-corrected chi connectivity index (χ4v) is 3.93. The first kappa shape index (κ1) is 21.2. The minimum Gasteiger partial charge on any atom is -0.351 e. The van der Waals surface area contributed by atoms with Gasteiger partial charge in [-0.25, -0.2) is 8.78 Å². The van der Waals surface area contributed by atoms with Gasteiger partial charge in [-0.15, -0.1) is 10.2 Å². The third-order valence-corrected chi connectivity index (χ3v) is 5.93. The Bertz CT molecular complexity index is 1030. The number of halogens is 3. The summed E-state index contributed by atoms with van der Waals surface area (Å²) < 4.78 is 26.4. The minimum absolute atomic E-state index is 0.0625. The Morgan fingerprint density at radius 3 is 2.52 bits per heavy atom. The van der Waals surface area contributed by atoms with Gasteiger partial charge in [0.15, 0.2) is 4.34 Å². The van der Waals surface area contributed by atoms with E-state index in [0.717, 1.165) is 23.1 Å². The number of thioether (sulfide) groups is 1. The molecule has 0 aliphatic carbocycles. The van der Waals surface area contributed by atoms with Crippen molar-refractivity contribution in [2.75, 3.05) is 11.1 Å². The molecule has 0 unspecified atom stereocenters. The van der Waals surface area contributed by atoms with Gasteiger partial charge in [0.1, 0.15) is 11.6 Å². The fourth-order valence-electron chi connectivity index (χ4n) is 2.11. The highest BCUT2D eigenvalue weighted by Gasteiger charge is 2.15. The zero-order valence-electron chi connectivity index (χ0n) is 14.6. The summed E-state index contributed by atoms with van der Waals surface area (Å²) in [5.74, 6) is -1.54. The third kappa shape index (κ3) is 6.21. The first-order chi connectivity index (χ1) is 13.9. The van der Waals surface area contributed by atoms with Crippen molar-refractivity contribution in [3.63, 3.8) is 0 Å². The number of hydrogen-bond donors (Lipinski definition) is 2. The Labute approximate surface area is 177 Å². The molecule has 3 aromatic rings. The van der Waals surface area contributed by atoms with Crippen molar-refractivity contribution in [2.24, 2.45) is 0 Å². The van der Waals surface area contributed by atoms with Crippen LogP contribution in [0.2, 0.25) is 5.02 Å². The number of aromatic nitrogens is 2. The van der Waals surface area contributed by atoms with Crippen molar-refractivity contribution in [2.45, 2.75) is 10.9 Å². The molecule has 0 aliphatic heterocycles. The number of anilines is 1. The van der Waals surface area contributed by atoms with Gasteiger partial charge in [0.05, 0.1) is 5.75 Å². The van der Waals surface area contributed by atoms with E-state index in [0.29, 0.717) is 15.6 Å². The number of nitrogens with zero attached hydrogens (tertiary/aromatic N) is 2. The maximum absolute atomic E-state index is 13.0. The van der Waals surface area contributed by atoms with E-state index >= 15 is 0 Å². The summed E-state index contributed by atoms with van der Waals surface area (Å²) in [4.78, 5) is 24.1. The molecule has 0 fully saturated rings. The number of carbonyl (C=O) groups excluding carboxylic acids is 2. The molecule has 6 nitrogen and oxygen atoms in total. The van der Waals surface area contributed by atoms with Crippen molar-refractivity contribution in [3.8, 4) is 0 Å². The van der Waals surface area contributed by atoms with Crippen LogP contribution in [0.5, 0.6) is 0 Å². The second kappa shape index (κ2) is 9.77. The molecular formula is C18H13ClF2N4O2S2. The Kier molecular flexibility index (Phi) is 7.13. The average Bonchev–Trinajstić information content (AvgIpc) is 3.17. The van der Waals surface area contributed by atoms with Gasteiger partial charge in [-0.2, -0.15) is 0 Å². The highest BCUT2D eigenvalue weighted by molar-refractivity contribution is 8.01. The van der Waals surface area contributed by atoms with E-state index in [1.807, 2.05) is 0 Å². The number of benzene rings is 2. The average molecular weight is 455 g/mol. The predicted molar refractivity (Wildman–Crippen MR) is 108 cm³/mol. The fraction of sp³-hybridized carbons (Fsp3) is 0.111. The lowest BCUT2D eigenvalue weighted by molar-refractivity contribution is -0.118. The molecule has 29 heavy (non-hydrogen) atoms. The molecule has 0 radical (unpaired) electrons. The van der Waals surface area contributed by atoms with Crippen LogP contribution in [0.4, 0.5) is 14.5 Å². The minimum atomic E-state index is -0.476. The third-order valence-electron chi connectivity index (χ3n) is 3.52. The topological polar surface area (TPSA) is 84.0 Å². The molecule has 0 spiro atoms. The van der Waals surface area contributed by atoms with Gasteiger partial charge in [-0.3, -0.25) is 9.59 Å². The van der Waals surface area contributed by atoms with Crippen LogP contribution in [0.15, 0.2) is 46.8 Å². The summed E-state index contributed by atoms with van der Waals surface area (Å²) in [6.07, 6.45) is 0. The SMILES string of the molecule is O=C(CSc1nnc(C(=O)Nc2ccc(F)cc2)s1)NCc1ccc(F)cc1Cl. The monoisotopic (exact) mass is 454 g/mol. The summed E-state index contributed by atoms with van der Waals surface area (Å²) in [6.45, 7) is 0.167. The molecule has 11 heteroatoms. The Balaban J connectivity index is 1.47. The van der Waals surface area contributed by atoms with E-state index < -0.39 is 17.5 Å². The van der Waals surface area contributed by atoms with E-state index in [9.17, 15) is 18.4 Å². The number of amides is 2. The van der Waals surface area contributed by atoms with Gasteiger partial charge in [0.25, 0.3) is 5.91 Å². The van der Waals surface area contributed by atoms with Gasteiger partial charge >= 0.3 is 0 Å². The van der Waals surface area contributed by atoms with Gasteiger partial charge in [-0.1, -0.05) is 40.8 Å². The summed E-state index contributed by atoms with van der Waals surface area (Å²) >= 11 is 8.08. The van der Waals surface area contributed by atoms with Gasteiger partial charge in [0.2, 0.25) is 10.9 Å². The molecule has 150 valence electrons. The van der Waals surface area contributed by atoms with E-state index in [2.05, 4.69) is 20.8 Å². The smallest absolute Gasteiger partial charge is 0.286 e. The van der Waals surface area contributed by atoms with E-state index in [-0.39, 0.29) is 28.2 Å². The predicted octanol–water partition coefficient (Wildman–Crippen LogP) is 4.13. The van der Waals surface area contributed by atoms with Crippen LogP contribution in [0.1, 0.15) is 15.4 Å². The standard InChI is InChI=1S/C18H13ClF2N4O2S2/c19-14-7-12(21)2-1-10(14)8-22-15(26)9-28-18-25-24-17(29-18)16(27)23-13-5-3-11(20)4-6-13/h1-7H,8-9H2,(H,22,26)(H,23,27). The molecule has 0 saturated heterocycles. The lowest BCUT2D eigenvalue weighted by atomic mass is 10.2. The molecular weight excluding hydrogens is 442 g/mol. The molecule has 0 saturated carbocycles. The molecule has 0 bridgehead atoms. The largest absolute Gasteiger partial charge is 0.351 e. The molecule has 3 rings (SSSR count). The van der Waals surface area contributed by atoms with Gasteiger partial charge in [0, 0.05) is 17.3 Å². The maximum Gasteiger partial charge on any atom is 0.286 e. The quantitative estimate of drug-likeness (QED) is 0.524. The van der Waals surface area contributed by atoms with Gasteiger partial charge in [-0.05, 0) is 42.0 Å². The number of carbonyl (C=O) groups is 2. The van der Waals surface area contributed by atoms with Crippen LogP contribution in [0.3, 0.4) is 0 Å². The van der Waals surface area contributed by atoms with E-state index in [1.54, 1.807) is 0 Å². The summed E-state index contributed by atoms with van der Waals surface area (Å²) in [6, 6.07) is 9.27. The summed E-state index contributed by atoms with van der Waals surface area (Å²) in [5.41, 5.74) is 1.03. The zero-order chi connectivity index (χ0) is 20.8. The summed E-state index contributed by atoms with van der Waals surface area (Å²) in [5, 5.41) is 13.3. The Morgan fingerprint density at radius 2 is 1.79 bits per heavy atom. The Morgan fingerprint density at radius 1 is 1.07 bits per heavy atom. The van der Waals surface area contributed by atoms with Crippen molar-refractivity contribution < 1.29 is 18.4 Å². The maximum atomic E-state index is 13.0.